The maximum atomic E-state index is 13.6. The number of hydrogen-bond donors (Lipinski definition) is 1. The van der Waals surface area contributed by atoms with Gasteiger partial charge in [0.15, 0.2) is 0 Å². The van der Waals surface area contributed by atoms with Gasteiger partial charge in [-0.1, -0.05) is 25.1 Å². The predicted octanol–water partition coefficient (Wildman–Crippen LogP) is 3.10. The minimum Gasteiger partial charge on any atom is -0.365 e. The Hall–Kier alpha value is -2.50. The van der Waals surface area contributed by atoms with Crippen LogP contribution in [-0.2, 0) is 6.54 Å². The second-order valence-electron chi connectivity index (χ2n) is 6.21. The SMILES string of the molecule is CC1CCN(C(=O)c2cnc(NCc3ccccc3F)cn2)CC1. The number of benzene rings is 1. The van der Waals surface area contributed by atoms with Crippen molar-refractivity contribution in [3.63, 3.8) is 0 Å². The highest BCUT2D eigenvalue weighted by Gasteiger charge is 2.22. The van der Waals surface area contributed by atoms with Gasteiger partial charge < -0.3 is 10.2 Å². The molecule has 1 amide bonds. The van der Waals surface area contributed by atoms with Gasteiger partial charge in [0.1, 0.15) is 17.3 Å². The summed E-state index contributed by atoms with van der Waals surface area (Å²) >= 11 is 0. The molecule has 1 aromatic carbocycles. The number of halogens is 1. The van der Waals surface area contributed by atoms with E-state index in [9.17, 15) is 9.18 Å². The first-order valence-corrected chi connectivity index (χ1v) is 8.22. The molecule has 2 heterocycles. The molecule has 1 saturated heterocycles. The summed E-state index contributed by atoms with van der Waals surface area (Å²) in [7, 11) is 0. The second kappa shape index (κ2) is 7.38. The van der Waals surface area contributed by atoms with E-state index in [1.54, 1.807) is 18.2 Å². The Labute approximate surface area is 140 Å². The van der Waals surface area contributed by atoms with Gasteiger partial charge in [0, 0.05) is 25.2 Å². The van der Waals surface area contributed by atoms with Crippen molar-refractivity contribution in [2.75, 3.05) is 18.4 Å². The lowest BCUT2D eigenvalue weighted by atomic mass is 9.99. The normalized spacial score (nSPS) is 15.3. The fraction of sp³-hybridized carbons (Fsp3) is 0.389. The number of anilines is 1. The topological polar surface area (TPSA) is 58.1 Å². The molecule has 6 heteroatoms. The molecule has 0 atom stereocenters. The van der Waals surface area contributed by atoms with Gasteiger partial charge in [0.2, 0.25) is 0 Å². The molecule has 0 saturated carbocycles. The highest BCUT2D eigenvalue weighted by molar-refractivity contribution is 5.92. The molecule has 1 N–H and O–H groups in total. The Morgan fingerprint density at radius 3 is 2.67 bits per heavy atom. The van der Waals surface area contributed by atoms with Crippen molar-refractivity contribution in [1.29, 1.82) is 0 Å². The zero-order valence-corrected chi connectivity index (χ0v) is 13.7. The van der Waals surface area contributed by atoms with Crippen LogP contribution in [0, 0.1) is 11.7 Å². The molecule has 1 aromatic heterocycles. The predicted molar refractivity (Wildman–Crippen MR) is 90.1 cm³/mol. The van der Waals surface area contributed by atoms with E-state index in [2.05, 4.69) is 22.2 Å². The molecule has 0 aliphatic carbocycles. The maximum absolute atomic E-state index is 13.6. The third kappa shape index (κ3) is 3.88. The Bertz CT molecular complexity index is 696. The number of amides is 1. The van der Waals surface area contributed by atoms with Gasteiger partial charge in [-0.15, -0.1) is 0 Å². The molecule has 1 aliphatic heterocycles. The average molecular weight is 328 g/mol. The van der Waals surface area contributed by atoms with Crippen molar-refractivity contribution >= 4 is 11.7 Å². The number of hydrogen-bond acceptors (Lipinski definition) is 4. The summed E-state index contributed by atoms with van der Waals surface area (Å²) in [5.74, 6) is 0.853. The minimum absolute atomic E-state index is 0.0740. The molecule has 1 fully saturated rings. The summed E-state index contributed by atoms with van der Waals surface area (Å²) in [6.07, 6.45) is 5.05. The molecule has 0 bridgehead atoms. The maximum Gasteiger partial charge on any atom is 0.274 e. The summed E-state index contributed by atoms with van der Waals surface area (Å²) in [5.41, 5.74) is 0.905. The summed E-state index contributed by atoms with van der Waals surface area (Å²) in [5, 5.41) is 3.01. The van der Waals surface area contributed by atoms with Gasteiger partial charge in [0.05, 0.1) is 12.4 Å². The number of likely N-dealkylation sites (tertiary alicyclic amines) is 1. The monoisotopic (exact) mass is 328 g/mol. The molecular formula is C18H21FN4O. The Balaban J connectivity index is 1.59. The van der Waals surface area contributed by atoms with E-state index >= 15 is 0 Å². The van der Waals surface area contributed by atoms with Crippen LogP contribution in [-0.4, -0.2) is 33.9 Å². The number of rotatable bonds is 4. The molecule has 3 rings (SSSR count). The third-order valence-corrected chi connectivity index (χ3v) is 4.36. The van der Waals surface area contributed by atoms with E-state index in [0.717, 1.165) is 25.9 Å². The first-order valence-electron chi connectivity index (χ1n) is 8.22. The van der Waals surface area contributed by atoms with Crippen LogP contribution in [0.1, 0.15) is 35.8 Å². The zero-order valence-electron chi connectivity index (χ0n) is 13.7. The largest absolute Gasteiger partial charge is 0.365 e. The molecule has 5 nitrogen and oxygen atoms in total. The summed E-state index contributed by atoms with van der Waals surface area (Å²) in [6.45, 7) is 4.07. The molecule has 0 unspecified atom stereocenters. The summed E-state index contributed by atoms with van der Waals surface area (Å²) < 4.78 is 13.6. The van der Waals surface area contributed by atoms with Gasteiger partial charge in [-0.2, -0.15) is 0 Å². The first-order chi connectivity index (χ1) is 11.6. The van der Waals surface area contributed by atoms with Gasteiger partial charge in [-0.05, 0) is 24.8 Å². The van der Waals surface area contributed by atoms with Crippen molar-refractivity contribution < 1.29 is 9.18 Å². The van der Waals surface area contributed by atoms with E-state index < -0.39 is 0 Å². The quantitative estimate of drug-likeness (QED) is 0.937. The van der Waals surface area contributed by atoms with Gasteiger partial charge in [-0.3, -0.25) is 4.79 Å². The number of nitrogens with zero attached hydrogens (tertiary/aromatic N) is 3. The Kier molecular flexibility index (Phi) is 5.03. The van der Waals surface area contributed by atoms with Crippen LogP contribution in [0.15, 0.2) is 36.7 Å². The number of carbonyl (C=O) groups is 1. The molecule has 1 aliphatic rings. The van der Waals surface area contributed by atoms with Crippen LogP contribution in [0.3, 0.4) is 0 Å². The first kappa shape index (κ1) is 16.4. The van der Waals surface area contributed by atoms with Crippen LogP contribution < -0.4 is 5.32 Å². The van der Waals surface area contributed by atoms with Crippen molar-refractivity contribution in [3.05, 3.63) is 53.7 Å². The van der Waals surface area contributed by atoms with E-state index in [1.165, 1.54) is 18.5 Å². The van der Waals surface area contributed by atoms with Crippen molar-refractivity contribution in [2.24, 2.45) is 5.92 Å². The number of nitrogens with one attached hydrogen (secondary N) is 1. The fourth-order valence-electron chi connectivity index (χ4n) is 2.73. The lowest BCUT2D eigenvalue weighted by Gasteiger charge is -2.29. The summed E-state index contributed by atoms with van der Waals surface area (Å²) in [6, 6.07) is 6.57. The number of aromatic nitrogens is 2. The highest BCUT2D eigenvalue weighted by atomic mass is 19.1. The van der Waals surface area contributed by atoms with Gasteiger partial charge >= 0.3 is 0 Å². The fourth-order valence-corrected chi connectivity index (χ4v) is 2.73. The van der Waals surface area contributed by atoms with E-state index in [-0.39, 0.29) is 11.7 Å². The van der Waals surface area contributed by atoms with Crippen LogP contribution in [0.25, 0.3) is 0 Å². The molecule has 126 valence electrons. The second-order valence-corrected chi connectivity index (χ2v) is 6.21. The Morgan fingerprint density at radius 1 is 1.25 bits per heavy atom. The van der Waals surface area contributed by atoms with Crippen molar-refractivity contribution in [3.8, 4) is 0 Å². The molecule has 0 spiro atoms. The molecular weight excluding hydrogens is 307 g/mol. The Morgan fingerprint density at radius 2 is 2.00 bits per heavy atom. The lowest BCUT2D eigenvalue weighted by molar-refractivity contribution is 0.0691. The lowest BCUT2D eigenvalue weighted by Crippen LogP contribution is -2.38. The summed E-state index contributed by atoms with van der Waals surface area (Å²) in [4.78, 5) is 22.6. The molecule has 2 aromatic rings. The number of piperidine rings is 1. The minimum atomic E-state index is -0.260. The average Bonchev–Trinajstić information content (AvgIpc) is 2.62. The van der Waals surface area contributed by atoms with Crippen molar-refractivity contribution in [1.82, 2.24) is 14.9 Å². The van der Waals surface area contributed by atoms with Gasteiger partial charge in [-0.25, -0.2) is 14.4 Å². The molecule has 0 radical (unpaired) electrons. The van der Waals surface area contributed by atoms with Crippen LogP contribution in [0.5, 0.6) is 0 Å². The van der Waals surface area contributed by atoms with E-state index in [4.69, 9.17) is 0 Å². The van der Waals surface area contributed by atoms with Crippen LogP contribution in [0.2, 0.25) is 0 Å². The zero-order chi connectivity index (χ0) is 16.9. The highest BCUT2D eigenvalue weighted by Crippen LogP contribution is 2.17. The smallest absolute Gasteiger partial charge is 0.274 e. The van der Waals surface area contributed by atoms with Crippen LogP contribution in [0.4, 0.5) is 10.2 Å². The third-order valence-electron chi connectivity index (χ3n) is 4.36. The van der Waals surface area contributed by atoms with E-state index in [0.29, 0.717) is 29.5 Å². The van der Waals surface area contributed by atoms with Crippen molar-refractivity contribution in [2.45, 2.75) is 26.3 Å². The van der Waals surface area contributed by atoms with E-state index in [1.807, 2.05) is 4.90 Å². The number of carbonyl (C=O) groups excluding carboxylic acids is 1. The standard InChI is InChI=1S/C18H21FN4O/c1-13-6-8-23(9-7-13)18(24)16-11-22-17(12-20-16)21-10-14-4-2-3-5-15(14)19/h2-5,11-13H,6-10H2,1H3,(H,21,22). The van der Waals surface area contributed by atoms with Gasteiger partial charge in [0.25, 0.3) is 5.91 Å². The van der Waals surface area contributed by atoms with Crippen LogP contribution >= 0.6 is 0 Å². The molecule has 24 heavy (non-hydrogen) atoms.